The van der Waals surface area contributed by atoms with Crippen LogP contribution >= 0.6 is 11.8 Å². The van der Waals surface area contributed by atoms with Crippen molar-refractivity contribution in [2.24, 2.45) is 0 Å². The van der Waals surface area contributed by atoms with Gasteiger partial charge in [0.2, 0.25) is 0 Å². The Bertz CT molecular complexity index is 1120. The summed E-state index contributed by atoms with van der Waals surface area (Å²) in [5.41, 5.74) is 2.69. The lowest BCUT2D eigenvalue weighted by Crippen LogP contribution is -2.09. The Hall–Kier alpha value is -3.19. The van der Waals surface area contributed by atoms with Gasteiger partial charge in [-0.2, -0.15) is 0 Å². The predicted octanol–water partition coefficient (Wildman–Crippen LogP) is 6.96. The number of thioether (sulfide) groups is 1. The maximum absolute atomic E-state index is 14.3. The fourth-order valence-corrected chi connectivity index (χ4v) is 4.22. The highest BCUT2D eigenvalue weighted by Crippen LogP contribution is 2.35. The molecule has 0 spiro atoms. The average molecular weight is 473 g/mol. The van der Waals surface area contributed by atoms with Crippen molar-refractivity contribution in [2.75, 3.05) is 12.4 Å². The third-order valence-corrected chi connectivity index (χ3v) is 5.81. The Morgan fingerprint density at radius 1 is 1.03 bits per heavy atom. The number of carbonyl (C=O) groups is 1. The Morgan fingerprint density at radius 2 is 1.73 bits per heavy atom. The Kier molecular flexibility index (Phi) is 8.60. The highest BCUT2D eigenvalue weighted by Gasteiger charge is 2.25. The molecular formula is C26H23F3O3S. The van der Waals surface area contributed by atoms with Crippen LogP contribution in [0.3, 0.4) is 0 Å². The molecule has 0 radical (unpaired) electrons. The van der Waals surface area contributed by atoms with Crippen molar-refractivity contribution in [2.45, 2.75) is 24.4 Å². The van der Waals surface area contributed by atoms with Crippen LogP contribution in [0.15, 0.2) is 83.8 Å². The van der Waals surface area contributed by atoms with E-state index in [4.69, 9.17) is 9.84 Å². The molecule has 0 saturated carbocycles. The topological polar surface area (TPSA) is 46.5 Å². The van der Waals surface area contributed by atoms with Crippen LogP contribution in [0.4, 0.5) is 13.2 Å². The van der Waals surface area contributed by atoms with Crippen LogP contribution in [-0.4, -0.2) is 29.9 Å². The van der Waals surface area contributed by atoms with E-state index in [1.165, 1.54) is 17.8 Å². The Labute approximate surface area is 194 Å². The molecule has 0 aliphatic heterocycles. The Balaban J connectivity index is 1.86. The van der Waals surface area contributed by atoms with E-state index in [9.17, 15) is 18.0 Å². The van der Waals surface area contributed by atoms with Gasteiger partial charge in [0.05, 0.1) is 0 Å². The monoisotopic (exact) mass is 472 g/mol. The van der Waals surface area contributed by atoms with Crippen LogP contribution in [0.5, 0.6) is 5.75 Å². The Morgan fingerprint density at radius 3 is 2.39 bits per heavy atom. The van der Waals surface area contributed by atoms with Gasteiger partial charge in [-0.1, -0.05) is 60.7 Å². The summed E-state index contributed by atoms with van der Waals surface area (Å²) in [4.78, 5) is 11.6. The van der Waals surface area contributed by atoms with Gasteiger partial charge < -0.3 is 9.84 Å². The van der Waals surface area contributed by atoms with E-state index < -0.39 is 25.2 Å². The van der Waals surface area contributed by atoms with Crippen LogP contribution in [0.2, 0.25) is 0 Å². The van der Waals surface area contributed by atoms with E-state index in [1.807, 2.05) is 55.5 Å². The zero-order chi connectivity index (χ0) is 23.8. The number of carboxylic acid groups (broad SMARTS) is 1. The summed E-state index contributed by atoms with van der Waals surface area (Å²) >= 11 is 1.52. The number of ether oxygens (including phenoxy) is 1. The summed E-state index contributed by atoms with van der Waals surface area (Å²) in [6.07, 6.45) is -3.58. The predicted molar refractivity (Wildman–Crippen MR) is 125 cm³/mol. The van der Waals surface area contributed by atoms with Gasteiger partial charge in [0.15, 0.2) is 12.8 Å². The number of halogens is 3. The van der Waals surface area contributed by atoms with Crippen molar-refractivity contribution in [3.05, 3.63) is 101 Å². The summed E-state index contributed by atoms with van der Waals surface area (Å²) in [6.45, 7) is 1.42. The van der Waals surface area contributed by atoms with E-state index in [-0.39, 0.29) is 5.56 Å². The number of aliphatic carboxylic acids is 1. The normalized spacial score (nSPS) is 12.6. The number of alkyl halides is 3. The van der Waals surface area contributed by atoms with Gasteiger partial charge in [0.25, 0.3) is 6.43 Å². The maximum Gasteiger partial charge on any atom is 0.341 e. The zero-order valence-electron chi connectivity index (χ0n) is 17.9. The molecule has 3 rings (SSSR count). The minimum atomic E-state index is -3.11. The van der Waals surface area contributed by atoms with Crippen LogP contribution < -0.4 is 4.74 Å². The van der Waals surface area contributed by atoms with Gasteiger partial charge in [0, 0.05) is 10.6 Å². The first-order valence-corrected chi connectivity index (χ1v) is 11.2. The van der Waals surface area contributed by atoms with Gasteiger partial charge in [0.1, 0.15) is 5.75 Å². The molecule has 33 heavy (non-hydrogen) atoms. The molecular weight excluding hydrogens is 449 g/mol. The van der Waals surface area contributed by atoms with Crippen LogP contribution in [0.25, 0.3) is 5.57 Å². The van der Waals surface area contributed by atoms with Crippen LogP contribution in [-0.2, 0) is 4.79 Å². The highest BCUT2D eigenvalue weighted by molar-refractivity contribution is 7.99. The fraction of sp³-hybridized carbons (Fsp3) is 0.192. The number of carboxylic acids is 1. The van der Waals surface area contributed by atoms with E-state index in [0.29, 0.717) is 22.6 Å². The summed E-state index contributed by atoms with van der Waals surface area (Å²) in [5.74, 6) is -0.0369. The minimum Gasteiger partial charge on any atom is -0.482 e. The van der Waals surface area contributed by atoms with Crippen molar-refractivity contribution in [1.29, 1.82) is 0 Å². The molecule has 172 valence electrons. The van der Waals surface area contributed by atoms with Crippen molar-refractivity contribution >= 4 is 23.3 Å². The third kappa shape index (κ3) is 6.65. The van der Waals surface area contributed by atoms with Crippen molar-refractivity contribution in [1.82, 2.24) is 0 Å². The van der Waals surface area contributed by atoms with Gasteiger partial charge in [-0.15, -0.1) is 11.8 Å². The second-order valence-electron chi connectivity index (χ2n) is 7.23. The maximum atomic E-state index is 14.3. The second-order valence-corrected chi connectivity index (χ2v) is 8.32. The molecule has 3 nitrogen and oxygen atoms in total. The summed E-state index contributed by atoms with van der Waals surface area (Å²) in [5, 5.41) is 8.76. The van der Waals surface area contributed by atoms with Crippen LogP contribution in [0, 0.1) is 6.92 Å². The van der Waals surface area contributed by atoms with Gasteiger partial charge in [-0.05, 0) is 52.9 Å². The summed E-state index contributed by atoms with van der Waals surface area (Å²) in [7, 11) is 0. The molecule has 0 saturated heterocycles. The van der Waals surface area contributed by atoms with Crippen molar-refractivity contribution in [3.63, 3.8) is 0 Å². The SMILES string of the molecule is Cc1cc(SCC=C(c2ccccc2)c2ccccc2C(F)C(F)F)ccc1OCC(=O)O. The van der Waals surface area contributed by atoms with Gasteiger partial charge in [-0.3, -0.25) is 0 Å². The lowest BCUT2D eigenvalue weighted by Gasteiger charge is -2.16. The van der Waals surface area contributed by atoms with E-state index in [2.05, 4.69) is 0 Å². The number of hydrogen-bond donors (Lipinski definition) is 1. The molecule has 0 amide bonds. The summed E-state index contributed by atoms with van der Waals surface area (Å²) in [6, 6.07) is 21.0. The number of hydrogen-bond acceptors (Lipinski definition) is 3. The van der Waals surface area contributed by atoms with Crippen molar-refractivity contribution in [3.8, 4) is 5.75 Å². The minimum absolute atomic E-state index is 0.0385. The molecule has 0 fully saturated rings. The molecule has 7 heteroatoms. The second kappa shape index (κ2) is 11.6. The fourth-order valence-electron chi connectivity index (χ4n) is 3.35. The number of benzene rings is 3. The first-order valence-electron chi connectivity index (χ1n) is 10.2. The summed E-state index contributed by atoms with van der Waals surface area (Å²) < 4.78 is 45.9. The smallest absolute Gasteiger partial charge is 0.341 e. The average Bonchev–Trinajstić information content (AvgIpc) is 2.81. The molecule has 3 aromatic rings. The molecule has 1 unspecified atom stereocenters. The molecule has 3 aromatic carbocycles. The molecule has 0 heterocycles. The largest absolute Gasteiger partial charge is 0.482 e. The quantitative estimate of drug-likeness (QED) is 0.324. The van der Waals surface area contributed by atoms with Gasteiger partial charge >= 0.3 is 5.97 Å². The molecule has 0 aliphatic rings. The molecule has 0 bridgehead atoms. The lowest BCUT2D eigenvalue weighted by atomic mass is 9.92. The van der Waals surface area contributed by atoms with Crippen LogP contribution in [0.1, 0.15) is 28.4 Å². The molecule has 1 atom stereocenters. The molecule has 0 aromatic heterocycles. The highest BCUT2D eigenvalue weighted by atomic mass is 32.2. The number of aryl methyl sites for hydroxylation is 1. The first kappa shape index (κ1) is 24.5. The number of rotatable bonds is 10. The molecule has 1 N–H and O–H groups in total. The van der Waals surface area contributed by atoms with Crippen molar-refractivity contribution < 1.29 is 27.8 Å². The molecule has 0 aliphatic carbocycles. The first-order chi connectivity index (χ1) is 15.9. The third-order valence-electron chi connectivity index (χ3n) is 4.89. The standard InChI is InChI=1S/C26H23F3O3S/c1-17-15-19(11-12-23(17)32-16-24(30)31)33-14-13-20(18-7-3-2-4-8-18)21-9-5-6-10-22(21)25(27)26(28)29/h2-13,15,25-26H,14,16H2,1H3,(H,30,31). The zero-order valence-corrected chi connectivity index (χ0v) is 18.7. The van der Waals surface area contributed by atoms with E-state index in [1.54, 1.807) is 24.3 Å². The van der Waals surface area contributed by atoms with E-state index >= 15 is 0 Å². The van der Waals surface area contributed by atoms with Gasteiger partial charge in [-0.25, -0.2) is 18.0 Å². The van der Waals surface area contributed by atoms with E-state index in [0.717, 1.165) is 16.0 Å². The lowest BCUT2D eigenvalue weighted by molar-refractivity contribution is -0.139.